The number of carbonyl (C=O) groups excluding carboxylic acids is 1. The van der Waals surface area contributed by atoms with Crippen LogP contribution in [0.4, 0.5) is 11.4 Å². The summed E-state index contributed by atoms with van der Waals surface area (Å²) in [5, 5.41) is 8.99. The molecule has 0 aromatic heterocycles. The first-order chi connectivity index (χ1) is 8.41. The Morgan fingerprint density at radius 2 is 2.17 bits per heavy atom. The number of anilines is 2. The lowest BCUT2D eigenvalue weighted by Gasteiger charge is -2.24. The van der Waals surface area contributed by atoms with Crippen LogP contribution >= 0.6 is 0 Å². The quantitative estimate of drug-likeness (QED) is 0.870. The second-order valence-corrected chi connectivity index (χ2v) is 4.57. The molecule has 0 saturated carbocycles. The molecular weight excluding hydrogens is 232 g/mol. The van der Waals surface area contributed by atoms with E-state index < -0.39 is 12.0 Å². The second kappa shape index (κ2) is 4.33. The Bertz CT molecular complexity index is 513. The fourth-order valence-electron chi connectivity index (χ4n) is 2.07. The second-order valence-electron chi connectivity index (χ2n) is 4.57. The van der Waals surface area contributed by atoms with Crippen molar-refractivity contribution in [1.29, 1.82) is 0 Å². The summed E-state index contributed by atoms with van der Waals surface area (Å²) in [6, 6.07) is 4.99. The highest BCUT2D eigenvalue weighted by Gasteiger charge is 2.25. The van der Waals surface area contributed by atoms with Crippen LogP contribution in [-0.2, 0) is 16.0 Å². The highest BCUT2D eigenvalue weighted by molar-refractivity contribution is 6.01. The zero-order valence-electron chi connectivity index (χ0n) is 10.7. The number of likely N-dealkylation sites (N-methyl/N-ethyl adjacent to an activating group) is 2. The summed E-state index contributed by atoms with van der Waals surface area (Å²) in [5.74, 6) is -0.803. The first kappa shape index (κ1) is 12.4. The summed E-state index contributed by atoms with van der Waals surface area (Å²) in [6.07, 6.45) is 0.384. The summed E-state index contributed by atoms with van der Waals surface area (Å²) in [6.45, 7) is 1.63. The van der Waals surface area contributed by atoms with Crippen molar-refractivity contribution in [2.75, 3.05) is 23.9 Å². The van der Waals surface area contributed by atoms with Crippen LogP contribution in [-0.4, -0.2) is 37.1 Å². The predicted molar refractivity (Wildman–Crippen MR) is 69.1 cm³/mol. The lowest BCUT2D eigenvalue weighted by molar-refractivity contribution is -0.138. The number of nitrogens with zero attached hydrogens (tertiary/aromatic N) is 2. The molecule has 96 valence electrons. The van der Waals surface area contributed by atoms with Gasteiger partial charge in [0, 0.05) is 25.5 Å². The monoisotopic (exact) mass is 248 g/mol. The Morgan fingerprint density at radius 3 is 2.78 bits per heavy atom. The van der Waals surface area contributed by atoms with E-state index in [0.717, 1.165) is 16.9 Å². The van der Waals surface area contributed by atoms with Crippen LogP contribution in [0.3, 0.4) is 0 Å². The maximum Gasteiger partial charge on any atom is 0.326 e. The van der Waals surface area contributed by atoms with Gasteiger partial charge < -0.3 is 14.9 Å². The SMILES string of the molecule is CC(C(=O)O)N(C)c1ccc2c(c1)CC(=O)N2C. The molecule has 1 amide bonds. The van der Waals surface area contributed by atoms with Crippen molar-refractivity contribution >= 4 is 23.3 Å². The average molecular weight is 248 g/mol. The van der Waals surface area contributed by atoms with Gasteiger partial charge in [-0.05, 0) is 30.7 Å². The zero-order valence-corrected chi connectivity index (χ0v) is 10.7. The number of carbonyl (C=O) groups is 2. The normalized spacial score (nSPS) is 15.5. The molecule has 1 heterocycles. The van der Waals surface area contributed by atoms with Crippen LogP contribution in [0.25, 0.3) is 0 Å². The van der Waals surface area contributed by atoms with E-state index >= 15 is 0 Å². The summed E-state index contributed by atoms with van der Waals surface area (Å²) in [5.41, 5.74) is 2.66. The Morgan fingerprint density at radius 1 is 1.50 bits per heavy atom. The van der Waals surface area contributed by atoms with Gasteiger partial charge in [-0.2, -0.15) is 0 Å². The standard InChI is InChI=1S/C13H16N2O3/c1-8(13(17)18)14(2)10-4-5-11-9(6-10)7-12(16)15(11)3/h4-6,8H,7H2,1-3H3,(H,17,18). The minimum absolute atomic E-state index is 0.0658. The smallest absolute Gasteiger partial charge is 0.326 e. The van der Waals surface area contributed by atoms with Crippen molar-refractivity contribution in [3.8, 4) is 0 Å². The fourth-order valence-corrected chi connectivity index (χ4v) is 2.07. The molecule has 5 nitrogen and oxygen atoms in total. The Balaban J connectivity index is 2.31. The summed E-state index contributed by atoms with van der Waals surface area (Å²) < 4.78 is 0. The number of amides is 1. The van der Waals surface area contributed by atoms with Crippen molar-refractivity contribution in [3.05, 3.63) is 23.8 Å². The third-order valence-corrected chi connectivity index (χ3v) is 3.49. The van der Waals surface area contributed by atoms with E-state index in [0.29, 0.717) is 6.42 Å². The topological polar surface area (TPSA) is 60.9 Å². The van der Waals surface area contributed by atoms with Crippen molar-refractivity contribution in [1.82, 2.24) is 0 Å². The average Bonchev–Trinajstić information content (AvgIpc) is 2.62. The third-order valence-electron chi connectivity index (χ3n) is 3.49. The molecule has 18 heavy (non-hydrogen) atoms. The Labute approximate surface area is 106 Å². The van der Waals surface area contributed by atoms with Crippen LogP contribution in [0.15, 0.2) is 18.2 Å². The summed E-state index contributed by atoms with van der Waals surface area (Å²) in [4.78, 5) is 25.8. The molecule has 1 aliphatic heterocycles. The molecular formula is C13H16N2O3. The van der Waals surface area contributed by atoms with Gasteiger partial charge in [0.25, 0.3) is 0 Å². The molecule has 2 rings (SSSR count). The van der Waals surface area contributed by atoms with Gasteiger partial charge in [0.2, 0.25) is 5.91 Å². The number of carboxylic acids is 1. The van der Waals surface area contributed by atoms with Gasteiger partial charge in [0.15, 0.2) is 0 Å². The van der Waals surface area contributed by atoms with E-state index in [4.69, 9.17) is 5.11 Å². The maximum atomic E-state index is 11.6. The molecule has 1 aromatic carbocycles. The maximum absolute atomic E-state index is 11.6. The number of benzene rings is 1. The molecule has 1 aliphatic rings. The van der Waals surface area contributed by atoms with Crippen LogP contribution in [0.5, 0.6) is 0 Å². The van der Waals surface area contributed by atoms with E-state index in [1.165, 1.54) is 0 Å². The van der Waals surface area contributed by atoms with Crippen LogP contribution in [0.1, 0.15) is 12.5 Å². The minimum atomic E-state index is -0.869. The van der Waals surface area contributed by atoms with Crippen LogP contribution < -0.4 is 9.80 Å². The molecule has 0 radical (unpaired) electrons. The Hall–Kier alpha value is -2.04. The number of aliphatic carboxylic acids is 1. The van der Waals surface area contributed by atoms with Crippen molar-refractivity contribution in [2.24, 2.45) is 0 Å². The van der Waals surface area contributed by atoms with Crippen molar-refractivity contribution in [3.63, 3.8) is 0 Å². The van der Waals surface area contributed by atoms with Crippen molar-refractivity contribution in [2.45, 2.75) is 19.4 Å². The molecule has 0 aliphatic carbocycles. The van der Waals surface area contributed by atoms with E-state index in [1.54, 1.807) is 30.8 Å². The highest BCUT2D eigenvalue weighted by atomic mass is 16.4. The zero-order chi connectivity index (χ0) is 13.4. The highest BCUT2D eigenvalue weighted by Crippen LogP contribution is 2.31. The molecule has 1 aromatic rings. The van der Waals surface area contributed by atoms with Gasteiger partial charge in [-0.25, -0.2) is 4.79 Å². The van der Waals surface area contributed by atoms with Gasteiger partial charge >= 0.3 is 5.97 Å². The molecule has 0 bridgehead atoms. The lowest BCUT2D eigenvalue weighted by Crippen LogP contribution is -2.35. The summed E-state index contributed by atoms with van der Waals surface area (Å²) >= 11 is 0. The van der Waals surface area contributed by atoms with Gasteiger partial charge in [-0.3, -0.25) is 4.79 Å². The lowest BCUT2D eigenvalue weighted by atomic mass is 10.1. The number of rotatable bonds is 3. The van der Waals surface area contributed by atoms with Gasteiger partial charge in [-0.15, -0.1) is 0 Å². The molecule has 5 heteroatoms. The van der Waals surface area contributed by atoms with E-state index in [-0.39, 0.29) is 5.91 Å². The summed E-state index contributed by atoms with van der Waals surface area (Å²) in [7, 11) is 3.48. The number of hydrogen-bond donors (Lipinski definition) is 1. The fraction of sp³-hybridized carbons (Fsp3) is 0.385. The number of hydrogen-bond acceptors (Lipinski definition) is 3. The molecule has 0 fully saturated rings. The predicted octanol–water partition coefficient (Wildman–Crippen LogP) is 1.11. The molecule has 0 spiro atoms. The number of fused-ring (bicyclic) bond motifs is 1. The third kappa shape index (κ3) is 1.92. The minimum Gasteiger partial charge on any atom is -0.480 e. The Kier molecular flexibility index (Phi) is 2.98. The largest absolute Gasteiger partial charge is 0.480 e. The van der Waals surface area contributed by atoms with E-state index in [2.05, 4.69) is 0 Å². The molecule has 1 N–H and O–H groups in total. The first-order valence-electron chi connectivity index (χ1n) is 5.77. The molecule has 0 saturated heterocycles. The van der Waals surface area contributed by atoms with Gasteiger partial charge in [0.05, 0.1) is 6.42 Å². The van der Waals surface area contributed by atoms with Gasteiger partial charge in [-0.1, -0.05) is 0 Å². The first-order valence-corrected chi connectivity index (χ1v) is 5.77. The van der Waals surface area contributed by atoms with Crippen LogP contribution in [0, 0.1) is 0 Å². The molecule has 1 unspecified atom stereocenters. The van der Waals surface area contributed by atoms with Crippen LogP contribution in [0.2, 0.25) is 0 Å². The van der Waals surface area contributed by atoms with Crippen molar-refractivity contribution < 1.29 is 14.7 Å². The van der Waals surface area contributed by atoms with E-state index in [1.807, 2.05) is 18.2 Å². The van der Waals surface area contributed by atoms with Gasteiger partial charge in [0.1, 0.15) is 6.04 Å². The molecule has 1 atom stereocenters. The number of carboxylic acid groups (broad SMARTS) is 1. The van der Waals surface area contributed by atoms with E-state index in [9.17, 15) is 9.59 Å².